The van der Waals surface area contributed by atoms with Crippen molar-refractivity contribution in [3.8, 4) is 5.75 Å². The van der Waals surface area contributed by atoms with E-state index in [4.69, 9.17) is 16.3 Å². The van der Waals surface area contributed by atoms with Crippen LogP contribution in [0, 0.1) is 5.92 Å². The van der Waals surface area contributed by atoms with Gasteiger partial charge in [0.1, 0.15) is 5.75 Å². The zero-order valence-electron chi connectivity index (χ0n) is 14.8. The standard InChI is InChI=1S/C16H22N6O3S/c1-9(2)13(14(23)19-15(17)24)26-16-21-20-12(22(16)18)8-10-4-6-11(25-3)7-5-10/h4-7,9,13H,8,18H2,1-3H3,(H3,17,19,23,24)/t13-/m1/s1. The van der Waals surface area contributed by atoms with Crippen LogP contribution in [0.15, 0.2) is 29.4 Å². The Hall–Kier alpha value is -2.75. The minimum atomic E-state index is -0.893. The number of nitrogens with zero attached hydrogens (tertiary/aromatic N) is 3. The molecule has 0 fully saturated rings. The van der Waals surface area contributed by atoms with E-state index < -0.39 is 17.2 Å². The fourth-order valence-electron chi connectivity index (χ4n) is 2.23. The number of hydrogen-bond donors (Lipinski definition) is 3. The predicted molar refractivity (Wildman–Crippen MR) is 98.2 cm³/mol. The van der Waals surface area contributed by atoms with Crippen molar-refractivity contribution in [2.75, 3.05) is 13.0 Å². The third kappa shape index (κ3) is 4.88. The minimum Gasteiger partial charge on any atom is -0.497 e. The number of nitrogen functional groups attached to an aromatic ring is 1. The van der Waals surface area contributed by atoms with E-state index in [1.54, 1.807) is 7.11 Å². The zero-order chi connectivity index (χ0) is 19.3. The second-order valence-corrected chi connectivity index (χ2v) is 7.04. The Morgan fingerprint density at radius 2 is 1.92 bits per heavy atom. The molecule has 1 aromatic heterocycles. The van der Waals surface area contributed by atoms with Crippen molar-refractivity contribution in [3.05, 3.63) is 35.7 Å². The number of hydrogen-bond acceptors (Lipinski definition) is 7. The Labute approximate surface area is 155 Å². The second-order valence-electron chi connectivity index (χ2n) is 5.93. The molecule has 1 heterocycles. The number of methoxy groups -OCH3 is 1. The lowest BCUT2D eigenvalue weighted by atomic mass is 10.1. The molecule has 5 N–H and O–H groups in total. The highest BCUT2D eigenvalue weighted by molar-refractivity contribution is 8.00. The van der Waals surface area contributed by atoms with E-state index in [2.05, 4.69) is 15.5 Å². The molecule has 140 valence electrons. The lowest BCUT2D eigenvalue weighted by molar-refractivity contribution is -0.120. The first-order chi connectivity index (χ1) is 12.3. The second kappa shape index (κ2) is 8.56. The van der Waals surface area contributed by atoms with Crippen LogP contribution in [-0.4, -0.2) is 39.2 Å². The van der Waals surface area contributed by atoms with Crippen LogP contribution in [0.1, 0.15) is 25.2 Å². The number of thioether (sulfide) groups is 1. The van der Waals surface area contributed by atoms with E-state index in [9.17, 15) is 9.59 Å². The van der Waals surface area contributed by atoms with Gasteiger partial charge in [0.15, 0.2) is 5.82 Å². The van der Waals surface area contributed by atoms with E-state index in [0.29, 0.717) is 17.4 Å². The van der Waals surface area contributed by atoms with Gasteiger partial charge in [-0.1, -0.05) is 37.7 Å². The van der Waals surface area contributed by atoms with Crippen LogP contribution in [0.25, 0.3) is 0 Å². The van der Waals surface area contributed by atoms with Gasteiger partial charge < -0.3 is 16.3 Å². The number of rotatable bonds is 7. The SMILES string of the molecule is COc1ccc(Cc2nnc(S[C@@H](C(=O)NC(N)=O)C(C)C)n2N)cc1. The Balaban J connectivity index is 2.13. The molecule has 2 aromatic rings. The van der Waals surface area contributed by atoms with Crippen molar-refractivity contribution in [2.45, 2.75) is 30.7 Å². The van der Waals surface area contributed by atoms with Crippen LogP contribution in [0.2, 0.25) is 0 Å². The van der Waals surface area contributed by atoms with Crippen molar-refractivity contribution in [1.82, 2.24) is 20.2 Å². The van der Waals surface area contributed by atoms with Crippen LogP contribution in [0.3, 0.4) is 0 Å². The van der Waals surface area contributed by atoms with Gasteiger partial charge in [-0.3, -0.25) is 10.1 Å². The Kier molecular flexibility index (Phi) is 6.45. The summed E-state index contributed by atoms with van der Waals surface area (Å²) in [5.74, 6) is 6.84. The summed E-state index contributed by atoms with van der Waals surface area (Å²) in [6.07, 6.45) is 0.480. The molecule has 9 nitrogen and oxygen atoms in total. The number of ether oxygens (including phenoxy) is 1. The molecule has 0 spiro atoms. The van der Waals surface area contributed by atoms with Gasteiger partial charge in [0.05, 0.1) is 12.4 Å². The molecule has 10 heteroatoms. The number of nitrogens with one attached hydrogen (secondary N) is 1. The monoisotopic (exact) mass is 378 g/mol. The first-order valence-electron chi connectivity index (χ1n) is 7.91. The fraction of sp³-hybridized carbons (Fsp3) is 0.375. The van der Waals surface area contributed by atoms with Gasteiger partial charge in [-0.25, -0.2) is 9.47 Å². The predicted octanol–water partition coefficient (Wildman–Crippen LogP) is 0.903. The molecule has 0 bridgehead atoms. The molecule has 1 atom stereocenters. The maximum absolute atomic E-state index is 12.1. The first-order valence-corrected chi connectivity index (χ1v) is 8.79. The van der Waals surface area contributed by atoms with Crippen molar-refractivity contribution in [1.29, 1.82) is 0 Å². The summed E-state index contributed by atoms with van der Waals surface area (Å²) in [5.41, 5.74) is 6.01. The average molecular weight is 378 g/mol. The quantitative estimate of drug-likeness (QED) is 0.480. The molecule has 3 amide bonds. The van der Waals surface area contributed by atoms with Crippen molar-refractivity contribution >= 4 is 23.7 Å². The molecule has 2 rings (SSSR count). The van der Waals surface area contributed by atoms with E-state index >= 15 is 0 Å². The fourth-order valence-corrected chi connectivity index (χ4v) is 3.20. The number of nitrogens with two attached hydrogens (primary N) is 2. The average Bonchev–Trinajstić information content (AvgIpc) is 2.92. The van der Waals surface area contributed by atoms with E-state index in [0.717, 1.165) is 23.1 Å². The lowest BCUT2D eigenvalue weighted by Gasteiger charge is -2.17. The lowest BCUT2D eigenvalue weighted by Crippen LogP contribution is -2.42. The normalized spacial score (nSPS) is 12.0. The molecule has 0 unspecified atom stereocenters. The third-order valence-electron chi connectivity index (χ3n) is 3.60. The Morgan fingerprint density at radius 3 is 2.46 bits per heavy atom. The van der Waals surface area contributed by atoms with Crippen LogP contribution >= 0.6 is 11.8 Å². The smallest absolute Gasteiger partial charge is 0.318 e. The van der Waals surface area contributed by atoms with Crippen LogP contribution in [-0.2, 0) is 11.2 Å². The Bertz CT molecular complexity index is 775. The first kappa shape index (κ1) is 19.6. The summed E-state index contributed by atoms with van der Waals surface area (Å²) in [6.45, 7) is 3.71. The highest BCUT2D eigenvalue weighted by atomic mass is 32.2. The number of primary amides is 1. The largest absolute Gasteiger partial charge is 0.497 e. The summed E-state index contributed by atoms with van der Waals surface area (Å²) in [6, 6.07) is 6.64. The van der Waals surface area contributed by atoms with Crippen LogP contribution in [0.5, 0.6) is 5.75 Å². The number of carbonyl (C=O) groups is 2. The number of carbonyl (C=O) groups excluding carboxylic acids is 2. The van der Waals surface area contributed by atoms with E-state index in [1.165, 1.54) is 4.68 Å². The zero-order valence-corrected chi connectivity index (χ0v) is 15.6. The van der Waals surface area contributed by atoms with Crippen molar-refractivity contribution in [3.63, 3.8) is 0 Å². The number of benzene rings is 1. The van der Waals surface area contributed by atoms with Gasteiger partial charge in [0.25, 0.3) is 0 Å². The van der Waals surface area contributed by atoms with Gasteiger partial charge in [0, 0.05) is 6.42 Å². The van der Waals surface area contributed by atoms with Crippen LogP contribution in [0.4, 0.5) is 4.79 Å². The number of imide groups is 1. The van der Waals surface area contributed by atoms with Crippen molar-refractivity contribution < 1.29 is 14.3 Å². The molecule has 1 aromatic carbocycles. The number of aromatic nitrogens is 3. The molecule has 0 aliphatic carbocycles. The number of amides is 3. The molecule has 0 aliphatic heterocycles. The van der Waals surface area contributed by atoms with Crippen molar-refractivity contribution in [2.24, 2.45) is 11.7 Å². The van der Waals surface area contributed by atoms with Crippen LogP contribution < -0.4 is 21.6 Å². The van der Waals surface area contributed by atoms with Gasteiger partial charge in [-0.2, -0.15) is 0 Å². The highest BCUT2D eigenvalue weighted by Crippen LogP contribution is 2.27. The molecule has 0 saturated carbocycles. The molecular formula is C16H22N6O3S. The summed E-state index contributed by atoms with van der Waals surface area (Å²) in [7, 11) is 1.61. The summed E-state index contributed by atoms with van der Waals surface area (Å²) in [5, 5.41) is 10.0. The van der Waals surface area contributed by atoms with E-state index in [1.807, 2.05) is 38.1 Å². The Morgan fingerprint density at radius 1 is 1.27 bits per heavy atom. The maximum atomic E-state index is 12.1. The minimum absolute atomic E-state index is 0.0684. The highest BCUT2D eigenvalue weighted by Gasteiger charge is 2.27. The molecule has 0 saturated heterocycles. The summed E-state index contributed by atoms with van der Waals surface area (Å²) >= 11 is 1.14. The molecule has 0 aliphatic rings. The topological polar surface area (TPSA) is 138 Å². The molecular weight excluding hydrogens is 356 g/mol. The third-order valence-corrected chi connectivity index (χ3v) is 5.10. The van der Waals surface area contributed by atoms with Gasteiger partial charge >= 0.3 is 6.03 Å². The summed E-state index contributed by atoms with van der Waals surface area (Å²) in [4.78, 5) is 23.0. The molecule has 26 heavy (non-hydrogen) atoms. The number of urea groups is 1. The van der Waals surface area contributed by atoms with E-state index in [-0.39, 0.29) is 5.92 Å². The summed E-state index contributed by atoms with van der Waals surface area (Å²) < 4.78 is 6.48. The van der Waals surface area contributed by atoms with Gasteiger partial charge in [-0.05, 0) is 23.6 Å². The van der Waals surface area contributed by atoms with Gasteiger partial charge in [-0.15, -0.1) is 10.2 Å². The molecule has 0 radical (unpaired) electrons. The van der Waals surface area contributed by atoms with Gasteiger partial charge in [0.2, 0.25) is 11.1 Å². The maximum Gasteiger partial charge on any atom is 0.318 e.